The first kappa shape index (κ1) is 13.4. The largest absolute Gasteiger partial charge is 0.384 e. The van der Waals surface area contributed by atoms with Gasteiger partial charge in [-0.3, -0.25) is 0 Å². The molecule has 0 radical (unpaired) electrons. The molecule has 18 heavy (non-hydrogen) atoms. The van der Waals surface area contributed by atoms with E-state index in [0.29, 0.717) is 0 Å². The predicted molar refractivity (Wildman–Crippen MR) is 79.2 cm³/mol. The van der Waals surface area contributed by atoms with Crippen molar-refractivity contribution in [3.05, 3.63) is 29.3 Å². The molecule has 0 spiro atoms. The first-order valence-electron chi connectivity index (χ1n) is 7.18. The number of hydrogen-bond acceptors (Lipinski definition) is 2. The zero-order valence-electron chi connectivity index (χ0n) is 11.9. The summed E-state index contributed by atoms with van der Waals surface area (Å²) in [6.07, 6.45) is 5.39. The number of hydrogen-bond donors (Lipinski definition) is 2. The van der Waals surface area contributed by atoms with Crippen LogP contribution in [0.15, 0.2) is 18.2 Å². The van der Waals surface area contributed by atoms with Crippen molar-refractivity contribution >= 4 is 5.69 Å². The van der Waals surface area contributed by atoms with Crippen LogP contribution in [0.2, 0.25) is 0 Å². The van der Waals surface area contributed by atoms with Crippen LogP contribution in [-0.2, 0) is 0 Å². The van der Waals surface area contributed by atoms with Gasteiger partial charge in [-0.2, -0.15) is 0 Å². The van der Waals surface area contributed by atoms with Gasteiger partial charge in [-0.05, 0) is 57.2 Å². The molecule has 1 aliphatic carbocycles. The van der Waals surface area contributed by atoms with Gasteiger partial charge in [-0.25, -0.2) is 0 Å². The van der Waals surface area contributed by atoms with E-state index >= 15 is 0 Å². The van der Waals surface area contributed by atoms with Gasteiger partial charge < -0.3 is 10.6 Å². The van der Waals surface area contributed by atoms with Crippen LogP contribution >= 0.6 is 0 Å². The van der Waals surface area contributed by atoms with Gasteiger partial charge in [0.25, 0.3) is 0 Å². The number of anilines is 1. The van der Waals surface area contributed by atoms with E-state index in [-0.39, 0.29) is 0 Å². The molecular weight excluding hydrogens is 220 g/mol. The smallest absolute Gasteiger partial charge is 0.0399 e. The van der Waals surface area contributed by atoms with Crippen molar-refractivity contribution < 1.29 is 0 Å². The molecule has 100 valence electrons. The molecule has 0 aliphatic heterocycles. The molecule has 0 heterocycles. The summed E-state index contributed by atoms with van der Waals surface area (Å²) in [5, 5.41) is 7.09. The van der Waals surface area contributed by atoms with E-state index in [2.05, 4.69) is 49.7 Å². The van der Waals surface area contributed by atoms with Gasteiger partial charge in [-0.15, -0.1) is 0 Å². The maximum Gasteiger partial charge on any atom is 0.0399 e. The monoisotopic (exact) mass is 246 g/mol. The summed E-state index contributed by atoms with van der Waals surface area (Å²) in [7, 11) is 2.09. The van der Waals surface area contributed by atoms with E-state index in [1.807, 2.05) is 0 Å². The van der Waals surface area contributed by atoms with Crippen molar-refractivity contribution in [2.24, 2.45) is 5.92 Å². The molecule has 2 atom stereocenters. The second-order valence-electron chi connectivity index (χ2n) is 5.67. The van der Waals surface area contributed by atoms with Gasteiger partial charge in [-0.1, -0.05) is 24.6 Å². The minimum atomic E-state index is 0.725. The number of aryl methyl sites for hydroxylation is 2. The Bertz CT molecular complexity index is 366. The van der Waals surface area contributed by atoms with Crippen LogP contribution in [0.1, 0.15) is 36.8 Å². The second-order valence-corrected chi connectivity index (χ2v) is 5.67. The molecule has 2 nitrogen and oxygen atoms in total. The summed E-state index contributed by atoms with van der Waals surface area (Å²) in [5.41, 5.74) is 4.05. The van der Waals surface area contributed by atoms with Crippen molar-refractivity contribution in [3.63, 3.8) is 0 Å². The quantitative estimate of drug-likeness (QED) is 0.849. The van der Waals surface area contributed by atoms with E-state index in [1.165, 1.54) is 42.5 Å². The Morgan fingerprint density at radius 2 is 1.89 bits per heavy atom. The summed E-state index contributed by atoms with van der Waals surface area (Å²) in [4.78, 5) is 0. The van der Waals surface area contributed by atoms with Gasteiger partial charge in [0.15, 0.2) is 0 Å². The second kappa shape index (κ2) is 6.24. The van der Waals surface area contributed by atoms with Crippen molar-refractivity contribution in [3.8, 4) is 0 Å². The Hall–Kier alpha value is -1.02. The molecule has 1 aromatic rings. The van der Waals surface area contributed by atoms with Crippen LogP contribution < -0.4 is 10.6 Å². The lowest BCUT2D eigenvalue weighted by Gasteiger charge is -2.29. The van der Waals surface area contributed by atoms with Crippen molar-refractivity contribution in [2.45, 2.75) is 45.6 Å². The van der Waals surface area contributed by atoms with Gasteiger partial charge in [0.1, 0.15) is 0 Å². The summed E-state index contributed by atoms with van der Waals surface area (Å²) < 4.78 is 0. The average molecular weight is 246 g/mol. The summed E-state index contributed by atoms with van der Waals surface area (Å²) >= 11 is 0. The zero-order chi connectivity index (χ0) is 13.0. The first-order valence-corrected chi connectivity index (χ1v) is 7.18. The highest BCUT2D eigenvalue weighted by Crippen LogP contribution is 2.26. The normalized spacial score (nSPS) is 23.9. The Kier molecular flexibility index (Phi) is 4.65. The van der Waals surface area contributed by atoms with Gasteiger partial charge >= 0.3 is 0 Å². The average Bonchev–Trinajstić information content (AvgIpc) is 2.38. The van der Waals surface area contributed by atoms with E-state index in [0.717, 1.165) is 18.5 Å². The molecule has 0 bridgehead atoms. The lowest BCUT2D eigenvalue weighted by atomic mass is 9.85. The van der Waals surface area contributed by atoms with Crippen LogP contribution in [0.25, 0.3) is 0 Å². The lowest BCUT2D eigenvalue weighted by molar-refractivity contribution is 0.306. The van der Waals surface area contributed by atoms with Crippen LogP contribution in [0.3, 0.4) is 0 Å². The Balaban J connectivity index is 1.91. The summed E-state index contributed by atoms with van der Waals surface area (Å²) in [6, 6.07) is 7.23. The Morgan fingerprint density at radius 3 is 2.56 bits per heavy atom. The molecule has 0 saturated heterocycles. The fourth-order valence-corrected chi connectivity index (χ4v) is 3.08. The maximum atomic E-state index is 3.67. The predicted octanol–water partition coefficient (Wildman–Crippen LogP) is 3.49. The molecule has 1 fully saturated rings. The highest BCUT2D eigenvalue weighted by atomic mass is 14.9. The number of rotatable bonds is 4. The van der Waals surface area contributed by atoms with Crippen LogP contribution in [-0.4, -0.2) is 19.6 Å². The summed E-state index contributed by atoms with van der Waals surface area (Å²) in [6.45, 7) is 5.49. The highest BCUT2D eigenvalue weighted by molar-refractivity contribution is 5.56. The van der Waals surface area contributed by atoms with E-state index in [1.54, 1.807) is 0 Å². The zero-order valence-corrected chi connectivity index (χ0v) is 11.9. The lowest BCUT2D eigenvalue weighted by Crippen LogP contribution is -2.33. The van der Waals surface area contributed by atoms with Gasteiger partial charge in [0.2, 0.25) is 0 Å². The fourth-order valence-electron chi connectivity index (χ4n) is 3.08. The molecule has 2 heteroatoms. The third-order valence-corrected chi connectivity index (χ3v) is 4.24. The van der Waals surface area contributed by atoms with Crippen LogP contribution in [0, 0.1) is 19.8 Å². The third kappa shape index (κ3) is 3.26. The fraction of sp³-hybridized carbons (Fsp3) is 0.625. The number of nitrogens with one attached hydrogen (secondary N) is 2. The maximum absolute atomic E-state index is 3.67. The third-order valence-electron chi connectivity index (χ3n) is 4.24. The molecule has 0 aromatic heterocycles. The van der Waals surface area contributed by atoms with Crippen molar-refractivity contribution in [2.75, 3.05) is 18.9 Å². The van der Waals surface area contributed by atoms with E-state index in [9.17, 15) is 0 Å². The van der Waals surface area contributed by atoms with E-state index < -0.39 is 0 Å². The molecule has 2 unspecified atom stereocenters. The molecule has 0 amide bonds. The van der Waals surface area contributed by atoms with Crippen LogP contribution in [0.5, 0.6) is 0 Å². The number of para-hydroxylation sites is 1. The molecule has 2 rings (SSSR count). The summed E-state index contributed by atoms with van der Waals surface area (Å²) in [5.74, 6) is 0.815. The van der Waals surface area contributed by atoms with Gasteiger partial charge in [0, 0.05) is 18.3 Å². The topological polar surface area (TPSA) is 24.1 Å². The van der Waals surface area contributed by atoms with Crippen molar-refractivity contribution in [1.29, 1.82) is 0 Å². The molecule has 1 saturated carbocycles. The standard InChI is InChI=1S/C16H26N2/c1-12-6-4-7-13(2)16(12)18-11-14-8-5-9-15(10-14)17-3/h4,6-7,14-15,17-18H,5,8-11H2,1-3H3. The van der Waals surface area contributed by atoms with E-state index in [4.69, 9.17) is 0 Å². The van der Waals surface area contributed by atoms with Crippen molar-refractivity contribution in [1.82, 2.24) is 5.32 Å². The Morgan fingerprint density at radius 1 is 1.17 bits per heavy atom. The highest BCUT2D eigenvalue weighted by Gasteiger charge is 2.20. The Labute approximate surface area is 111 Å². The minimum Gasteiger partial charge on any atom is -0.384 e. The number of benzene rings is 1. The van der Waals surface area contributed by atoms with Gasteiger partial charge in [0.05, 0.1) is 0 Å². The molecule has 1 aromatic carbocycles. The van der Waals surface area contributed by atoms with Crippen LogP contribution in [0.4, 0.5) is 5.69 Å². The SMILES string of the molecule is CNC1CCCC(CNc2c(C)cccc2C)C1. The minimum absolute atomic E-state index is 0.725. The molecular formula is C16H26N2. The molecule has 2 N–H and O–H groups in total. The first-order chi connectivity index (χ1) is 8.70. The molecule has 1 aliphatic rings.